The van der Waals surface area contributed by atoms with E-state index in [9.17, 15) is 0 Å². The van der Waals surface area contributed by atoms with Crippen LogP contribution in [0.2, 0.25) is 0 Å². The van der Waals surface area contributed by atoms with Crippen molar-refractivity contribution >= 4 is 11.1 Å². The zero-order chi connectivity index (χ0) is 16.9. The second kappa shape index (κ2) is 7.74. The fraction of sp³-hybridized carbons (Fsp3) is 0.333. The highest BCUT2D eigenvalue weighted by molar-refractivity contribution is 5.74. The molecule has 0 saturated carbocycles. The maximum atomic E-state index is 6.47. The van der Waals surface area contributed by atoms with Gasteiger partial charge in [0.15, 0.2) is 0 Å². The highest BCUT2D eigenvalue weighted by Crippen LogP contribution is 2.38. The van der Waals surface area contributed by atoms with E-state index in [0.717, 1.165) is 24.3 Å². The molecule has 0 N–H and O–H groups in total. The van der Waals surface area contributed by atoms with Gasteiger partial charge in [0.05, 0.1) is 0 Å². The van der Waals surface area contributed by atoms with Crippen LogP contribution in [0.4, 0.5) is 0 Å². The molecular weight excluding hydrogens is 304 g/mol. The summed E-state index contributed by atoms with van der Waals surface area (Å²) in [6, 6.07) is 17.0. The molecule has 0 amide bonds. The molecule has 0 saturated heterocycles. The molecule has 2 aliphatic carbocycles. The number of hydrogen-bond acceptors (Lipinski definition) is 1. The standard InChI is InChI=1S/C24H26O/c1-3-11-19(12-4-1)21-15-7-9-17-23(21)25-24-18-10-8-16-22(24)20-13-5-2-6-14-20/h7-11,13,15-18H,1-6,12,14H2. The van der Waals surface area contributed by atoms with Gasteiger partial charge in [0, 0.05) is 11.1 Å². The molecule has 0 aromatic heterocycles. The smallest absolute Gasteiger partial charge is 0.134 e. The van der Waals surface area contributed by atoms with Crippen molar-refractivity contribution < 1.29 is 4.74 Å². The topological polar surface area (TPSA) is 9.23 Å². The second-order valence-electron chi connectivity index (χ2n) is 7.04. The van der Waals surface area contributed by atoms with Crippen molar-refractivity contribution in [2.75, 3.05) is 0 Å². The number of benzene rings is 2. The van der Waals surface area contributed by atoms with E-state index < -0.39 is 0 Å². The van der Waals surface area contributed by atoms with Crippen LogP contribution in [0.5, 0.6) is 11.5 Å². The SMILES string of the molecule is C1=C(c2ccccc2Oc2ccccc2C2=CCCCC2)CCCC1. The third kappa shape index (κ3) is 3.71. The summed E-state index contributed by atoms with van der Waals surface area (Å²) in [7, 11) is 0. The largest absolute Gasteiger partial charge is 0.456 e. The Morgan fingerprint density at radius 2 is 1.04 bits per heavy atom. The van der Waals surface area contributed by atoms with E-state index in [2.05, 4.69) is 60.7 Å². The Kier molecular flexibility index (Phi) is 5.01. The van der Waals surface area contributed by atoms with Gasteiger partial charge in [-0.1, -0.05) is 48.6 Å². The van der Waals surface area contributed by atoms with Gasteiger partial charge in [-0.3, -0.25) is 0 Å². The van der Waals surface area contributed by atoms with Gasteiger partial charge in [0.25, 0.3) is 0 Å². The minimum absolute atomic E-state index is 0.986. The van der Waals surface area contributed by atoms with Gasteiger partial charge in [0.1, 0.15) is 11.5 Å². The van der Waals surface area contributed by atoms with Crippen LogP contribution in [0.1, 0.15) is 62.5 Å². The number of allylic oxidation sites excluding steroid dienone is 4. The molecule has 0 fully saturated rings. The lowest BCUT2D eigenvalue weighted by Gasteiger charge is -2.20. The fourth-order valence-electron chi connectivity index (χ4n) is 3.93. The van der Waals surface area contributed by atoms with Crippen molar-refractivity contribution in [3.8, 4) is 11.5 Å². The van der Waals surface area contributed by atoms with E-state index in [1.165, 1.54) is 60.8 Å². The summed E-state index contributed by atoms with van der Waals surface area (Å²) in [5.41, 5.74) is 5.40. The zero-order valence-electron chi connectivity index (χ0n) is 14.8. The molecule has 0 heterocycles. The summed E-state index contributed by atoms with van der Waals surface area (Å²) in [5.74, 6) is 1.97. The normalized spacial score (nSPS) is 17.6. The van der Waals surface area contributed by atoms with Gasteiger partial charge in [-0.05, 0) is 74.6 Å². The van der Waals surface area contributed by atoms with Gasteiger partial charge in [-0.15, -0.1) is 0 Å². The molecule has 0 radical (unpaired) electrons. The van der Waals surface area contributed by atoms with Crippen LogP contribution in [0.3, 0.4) is 0 Å². The van der Waals surface area contributed by atoms with Crippen molar-refractivity contribution in [3.63, 3.8) is 0 Å². The fourth-order valence-corrected chi connectivity index (χ4v) is 3.93. The maximum Gasteiger partial charge on any atom is 0.134 e. The van der Waals surface area contributed by atoms with Crippen molar-refractivity contribution in [2.45, 2.75) is 51.4 Å². The third-order valence-corrected chi connectivity index (χ3v) is 5.27. The molecular formula is C24H26O. The Labute approximate surface area is 151 Å². The van der Waals surface area contributed by atoms with Crippen LogP contribution >= 0.6 is 0 Å². The van der Waals surface area contributed by atoms with Gasteiger partial charge in [-0.2, -0.15) is 0 Å². The van der Waals surface area contributed by atoms with E-state index in [1.807, 2.05) is 0 Å². The summed E-state index contributed by atoms with van der Waals surface area (Å²) in [4.78, 5) is 0. The Balaban J connectivity index is 1.68. The molecule has 0 spiro atoms. The molecule has 1 heteroatoms. The summed E-state index contributed by atoms with van der Waals surface area (Å²) >= 11 is 0. The van der Waals surface area contributed by atoms with Crippen LogP contribution in [0.15, 0.2) is 60.7 Å². The van der Waals surface area contributed by atoms with Crippen LogP contribution < -0.4 is 4.74 Å². The van der Waals surface area contributed by atoms with Crippen LogP contribution in [-0.4, -0.2) is 0 Å². The number of hydrogen-bond donors (Lipinski definition) is 0. The molecule has 0 atom stereocenters. The molecule has 4 rings (SSSR count). The highest BCUT2D eigenvalue weighted by atomic mass is 16.5. The first-order valence-electron chi connectivity index (χ1n) is 9.66. The molecule has 2 aliphatic rings. The molecule has 25 heavy (non-hydrogen) atoms. The van der Waals surface area contributed by atoms with Crippen LogP contribution in [0.25, 0.3) is 11.1 Å². The minimum Gasteiger partial charge on any atom is -0.456 e. The van der Waals surface area contributed by atoms with Crippen LogP contribution in [-0.2, 0) is 0 Å². The summed E-state index contributed by atoms with van der Waals surface area (Å²) in [6.07, 6.45) is 14.7. The maximum absolute atomic E-state index is 6.47. The van der Waals surface area contributed by atoms with Gasteiger partial charge in [0.2, 0.25) is 0 Å². The lowest BCUT2D eigenvalue weighted by Crippen LogP contribution is -1.98. The number of ether oxygens (including phenoxy) is 1. The van der Waals surface area contributed by atoms with E-state index in [-0.39, 0.29) is 0 Å². The van der Waals surface area contributed by atoms with Gasteiger partial charge in [-0.25, -0.2) is 0 Å². The van der Waals surface area contributed by atoms with Crippen molar-refractivity contribution in [2.24, 2.45) is 0 Å². The van der Waals surface area contributed by atoms with Gasteiger partial charge >= 0.3 is 0 Å². The van der Waals surface area contributed by atoms with E-state index in [4.69, 9.17) is 4.74 Å². The minimum atomic E-state index is 0.986. The molecule has 0 aliphatic heterocycles. The summed E-state index contributed by atoms with van der Waals surface area (Å²) in [5, 5.41) is 0. The zero-order valence-corrected chi connectivity index (χ0v) is 14.8. The predicted molar refractivity (Wildman–Crippen MR) is 106 cm³/mol. The van der Waals surface area contributed by atoms with Crippen molar-refractivity contribution in [3.05, 3.63) is 71.8 Å². The first-order chi connectivity index (χ1) is 12.4. The lowest BCUT2D eigenvalue weighted by molar-refractivity contribution is 0.478. The van der Waals surface area contributed by atoms with Crippen molar-refractivity contribution in [1.29, 1.82) is 0 Å². The second-order valence-corrected chi connectivity index (χ2v) is 7.04. The number of rotatable bonds is 4. The first-order valence-corrected chi connectivity index (χ1v) is 9.66. The molecule has 0 unspecified atom stereocenters. The highest BCUT2D eigenvalue weighted by Gasteiger charge is 2.15. The predicted octanol–water partition coefficient (Wildman–Crippen LogP) is 7.39. The summed E-state index contributed by atoms with van der Waals surface area (Å²) in [6.45, 7) is 0. The van der Waals surface area contributed by atoms with Gasteiger partial charge < -0.3 is 4.74 Å². The average molecular weight is 330 g/mol. The van der Waals surface area contributed by atoms with E-state index in [1.54, 1.807) is 0 Å². The Morgan fingerprint density at radius 3 is 1.48 bits per heavy atom. The molecule has 1 nitrogen and oxygen atoms in total. The summed E-state index contributed by atoms with van der Waals surface area (Å²) < 4.78 is 6.47. The molecule has 2 aromatic rings. The Bertz CT molecular complexity index is 730. The Hall–Kier alpha value is -2.28. The number of para-hydroxylation sites is 2. The molecule has 128 valence electrons. The van der Waals surface area contributed by atoms with Crippen LogP contribution in [0, 0.1) is 0 Å². The van der Waals surface area contributed by atoms with Crippen molar-refractivity contribution in [1.82, 2.24) is 0 Å². The first kappa shape index (κ1) is 16.2. The lowest BCUT2D eigenvalue weighted by atomic mass is 9.92. The molecule has 2 aromatic carbocycles. The van der Waals surface area contributed by atoms with E-state index in [0.29, 0.717) is 0 Å². The Morgan fingerprint density at radius 1 is 0.560 bits per heavy atom. The quantitative estimate of drug-likeness (QED) is 0.567. The van der Waals surface area contributed by atoms with E-state index >= 15 is 0 Å². The molecule has 0 bridgehead atoms. The third-order valence-electron chi connectivity index (χ3n) is 5.27. The average Bonchev–Trinajstić information content (AvgIpc) is 2.70. The monoisotopic (exact) mass is 330 g/mol.